The van der Waals surface area contributed by atoms with Crippen molar-refractivity contribution in [2.24, 2.45) is 5.10 Å². The summed E-state index contributed by atoms with van der Waals surface area (Å²) in [5.41, 5.74) is 6.18. The summed E-state index contributed by atoms with van der Waals surface area (Å²) >= 11 is 17.4. The zero-order valence-electron chi connectivity index (χ0n) is 18.1. The number of anilines is 1. The van der Waals surface area contributed by atoms with Gasteiger partial charge in [-0.05, 0) is 54.2 Å². The van der Waals surface area contributed by atoms with Gasteiger partial charge in [-0.15, -0.1) is 13.2 Å². The number of nitrogens with one attached hydrogen (secondary N) is 2. The Labute approximate surface area is 219 Å². The lowest BCUT2D eigenvalue weighted by Gasteiger charge is -2.10. The van der Waals surface area contributed by atoms with E-state index in [1.165, 1.54) is 24.3 Å². The number of imidazole rings is 1. The highest BCUT2D eigenvalue weighted by atomic mass is 35.5. The molecule has 0 radical (unpaired) electrons. The number of hydrogen-bond donors (Lipinski definition) is 2. The minimum Gasteiger partial charge on any atom is -0.406 e. The van der Waals surface area contributed by atoms with E-state index in [9.17, 15) is 13.2 Å². The van der Waals surface area contributed by atoms with Gasteiger partial charge in [0.05, 0.1) is 34.0 Å². The predicted octanol–water partition coefficient (Wildman–Crippen LogP) is 7.07. The summed E-state index contributed by atoms with van der Waals surface area (Å²) in [6.07, 6.45) is 0.209. The average Bonchev–Trinajstić information content (AvgIpc) is 3.32. The van der Waals surface area contributed by atoms with E-state index in [1.807, 2.05) is 24.3 Å². The van der Waals surface area contributed by atoms with Crippen LogP contribution in [0.4, 0.5) is 18.9 Å². The zero-order chi connectivity index (χ0) is 25.7. The van der Waals surface area contributed by atoms with Gasteiger partial charge in [-0.25, -0.2) is 4.98 Å². The van der Waals surface area contributed by atoms with E-state index in [1.54, 1.807) is 41.5 Å². The first-order valence-electron chi connectivity index (χ1n) is 10.2. The van der Waals surface area contributed by atoms with Crippen LogP contribution in [0.3, 0.4) is 0 Å². The Morgan fingerprint density at radius 2 is 1.67 bits per heavy atom. The predicted molar refractivity (Wildman–Crippen MR) is 139 cm³/mol. The number of thiocarbonyl (C=S) groups is 1. The van der Waals surface area contributed by atoms with Crippen molar-refractivity contribution in [3.63, 3.8) is 0 Å². The topological polar surface area (TPSA) is 63.5 Å². The van der Waals surface area contributed by atoms with E-state index < -0.39 is 6.36 Å². The number of benzene rings is 3. The molecule has 36 heavy (non-hydrogen) atoms. The second-order valence-electron chi connectivity index (χ2n) is 7.25. The minimum absolute atomic E-state index is 0.224. The molecule has 1 heterocycles. The lowest BCUT2D eigenvalue weighted by Crippen LogP contribution is -2.24. The molecule has 0 saturated heterocycles. The Balaban J connectivity index is 1.36. The summed E-state index contributed by atoms with van der Waals surface area (Å²) in [7, 11) is 0. The Bertz CT molecular complexity index is 1370. The van der Waals surface area contributed by atoms with Crippen LogP contribution in [0.2, 0.25) is 10.0 Å². The third-order valence-corrected chi connectivity index (χ3v) is 5.56. The van der Waals surface area contributed by atoms with Gasteiger partial charge in [0.25, 0.3) is 0 Å². The molecule has 0 saturated carbocycles. The van der Waals surface area contributed by atoms with Crippen LogP contribution < -0.4 is 15.5 Å². The molecule has 0 unspecified atom stereocenters. The molecule has 0 aliphatic rings. The standard InChI is InChI=1S/C24H16Cl2F3N5OS/c25-19-2-1-3-20(26)22(19)32-23(36)33-31-12-15-4-6-16(7-5-15)21-13-34(14-30-21)17-8-10-18(11-9-17)35-24(27,28)29/h1-14H,(H2,32,33,36)/b31-12+. The Hall–Kier alpha value is -3.60. The molecule has 0 spiro atoms. The Morgan fingerprint density at radius 3 is 2.31 bits per heavy atom. The molecule has 0 atom stereocenters. The van der Waals surface area contributed by atoms with Gasteiger partial charge in [-0.2, -0.15) is 5.10 Å². The van der Waals surface area contributed by atoms with Crippen LogP contribution in [0.15, 0.2) is 84.4 Å². The number of alkyl halides is 3. The van der Waals surface area contributed by atoms with Crippen LogP contribution in [0.5, 0.6) is 5.75 Å². The molecule has 0 aliphatic carbocycles. The van der Waals surface area contributed by atoms with Crippen molar-refractivity contribution in [3.05, 3.63) is 94.9 Å². The lowest BCUT2D eigenvalue weighted by atomic mass is 10.1. The summed E-state index contributed by atoms with van der Waals surface area (Å²) in [4.78, 5) is 4.37. The lowest BCUT2D eigenvalue weighted by molar-refractivity contribution is -0.274. The molecule has 3 aromatic carbocycles. The van der Waals surface area contributed by atoms with Crippen molar-refractivity contribution in [2.45, 2.75) is 6.36 Å². The van der Waals surface area contributed by atoms with Gasteiger partial charge in [0.1, 0.15) is 5.75 Å². The number of ether oxygens (including phenoxy) is 1. The largest absolute Gasteiger partial charge is 0.573 e. The summed E-state index contributed by atoms with van der Waals surface area (Å²) in [5.74, 6) is -0.289. The van der Waals surface area contributed by atoms with Crippen molar-refractivity contribution in [1.29, 1.82) is 0 Å². The molecular weight excluding hydrogens is 534 g/mol. The van der Waals surface area contributed by atoms with Crippen LogP contribution in [0.25, 0.3) is 16.9 Å². The SMILES string of the molecule is FC(F)(F)Oc1ccc(-n2cnc(-c3ccc(/C=N/NC(=S)Nc4c(Cl)cccc4Cl)cc3)c2)cc1. The zero-order valence-corrected chi connectivity index (χ0v) is 20.5. The number of rotatable bonds is 6. The second kappa shape index (κ2) is 11.0. The average molecular weight is 550 g/mol. The normalized spacial score (nSPS) is 11.5. The van der Waals surface area contributed by atoms with E-state index in [2.05, 4.69) is 25.6 Å². The van der Waals surface area contributed by atoms with Crippen molar-refractivity contribution in [2.75, 3.05) is 5.32 Å². The van der Waals surface area contributed by atoms with Gasteiger partial charge in [0.15, 0.2) is 5.11 Å². The first kappa shape index (κ1) is 25.5. The fourth-order valence-corrected chi connectivity index (χ4v) is 3.74. The number of hydrogen-bond acceptors (Lipinski definition) is 4. The van der Waals surface area contributed by atoms with Crippen molar-refractivity contribution < 1.29 is 17.9 Å². The summed E-state index contributed by atoms with van der Waals surface area (Å²) in [5, 5.41) is 8.09. The first-order chi connectivity index (χ1) is 17.2. The van der Waals surface area contributed by atoms with E-state index in [0.717, 1.165) is 11.1 Å². The maximum atomic E-state index is 12.3. The van der Waals surface area contributed by atoms with Gasteiger partial charge in [0, 0.05) is 17.4 Å². The quantitative estimate of drug-likeness (QED) is 0.153. The van der Waals surface area contributed by atoms with Crippen molar-refractivity contribution >= 4 is 52.4 Å². The molecule has 0 fully saturated rings. The second-order valence-corrected chi connectivity index (χ2v) is 8.47. The summed E-state index contributed by atoms with van der Waals surface area (Å²) in [6, 6.07) is 18.1. The van der Waals surface area contributed by atoms with Gasteiger partial charge < -0.3 is 14.6 Å². The molecule has 4 aromatic rings. The molecule has 184 valence electrons. The molecule has 0 aliphatic heterocycles. The maximum Gasteiger partial charge on any atom is 0.573 e. The monoisotopic (exact) mass is 549 g/mol. The van der Waals surface area contributed by atoms with Crippen LogP contribution in [0, 0.1) is 0 Å². The van der Waals surface area contributed by atoms with E-state index in [0.29, 0.717) is 27.1 Å². The third kappa shape index (κ3) is 6.75. The van der Waals surface area contributed by atoms with Gasteiger partial charge in [-0.1, -0.05) is 53.5 Å². The van der Waals surface area contributed by atoms with Crippen LogP contribution >= 0.6 is 35.4 Å². The fraction of sp³-hybridized carbons (Fsp3) is 0.0417. The molecule has 6 nitrogen and oxygen atoms in total. The number of halogens is 5. The molecular formula is C24H16Cl2F3N5OS. The molecule has 1 aromatic heterocycles. The van der Waals surface area contributed by atoms with Crippen LogP contribution in [0.1, 0.15) is 5.56 Å². The number of hydrazone groups is 1. The van der Waals surface area contributed by atoms with Crippen LogP contribution in [-0.2, 0) is 0 Å². The highest BCUT2D eigenvalue weighted by Gasteiger charge is 2.30. The Kier molecular flexibility index (Phi) is 7.78. The van der Waals surface area contributed by atoms with Crippen molar-refractivity contribution in [1.82, 2.24) is 15.0 Å². The van der Waals surface area contributed by atoms with Crippen LogP contribution in [-0.4, -0.2) is 27.2 Å². The van der Waals surface area contributed by atoms with E-state index in [4.69, 9.17) is 35.4 Å². The third-order valence-electron chi connectivity index (χ3n) is 4.74. The fourth-order valence-electron chi connectivity index (χ4n) is 3.10. The van der Waals surface area contributed by atoms with E-state index >= 15 is 0 Å². The Morgan fingerprint density at radius 1 is 1.00 bits per heavy atom. The molecule has 0 bridgehead atoms. The van der Waals surface area contributed by atoms with Gasteiger partial charge in [-0.3, -0.25) is 5.43 Å². The van der Waals surface area contributed by atoms with Gasteiger partial charge >= 0.3 is 6.36 Å². The smallest absolute Gasteiger partial charge is 0.406 e. The maximum absolute atomic E-state index is 12.3. The highest BCUT2D eigenvalue weighted by molar-refractivity contribution is 7.80. The summed E-state index contributed by atoms with van der Waals surface area (Å²) < 4.78 is 42.6. The molecule has 0 amide bonds. The number of para-hydroxylation sites is 1. The highest BCUT2D eigenvalue weighted by Crippen LogP contribution is 2.29. The van der Waals surface area contributed by atoms with E-state index in [-0.39, 0.29) is 10.9 Å². The minimum atomic E-state index is -4.73. The number of nitrogens with zero attached hydrogens (tertiary/aromatic N) is 3. The first-order valence-corrected chi connectivity index (χ1v) is 11.4. The summed E-state index contributed by atoms with van der Waals surface area (Å²) in [6.45, 7) is 0. The van der Waals surface area contributed by atoms with Crippen molar-refractivity contribution in [3.8, 4) is 22.7 Å². The molecule has 12 heteroatoms. The molecule has 4 rings (SSSR count). The number of aromatic nitrogens is 2. The van der Waals surface area contributed by atoms with Gasteiger partial charge in [0.2, 0.25) is 0 Å². The molecule has 2 N–H and O–H groups in total.